The summed E-state index contributed by atoms with van der Waals surface area (Å²) >= 11 is 0. The number of nitrogens with one attached hydrogen (secondary N) is 2. The summed E-state index contributed by atoms with van der Waals surface area (Å²) in [6.45, 7) is 1.69. The third kappa shape index (κ3) is 4.26. The van der Waals surface area contributed by atoms with E-state index in [-0.39, 0.29) is 5.69 Å². The van der Waals surface area contributed by atoms with Crippen molar-refractivity contribution in [3.63, 3.8) is 0 Å². The highest BCUT2D eigenvalue weighted by atomic mass is 19.1. The minimum absolute atomic E-state index is 0.233. The molecule has 2 rings (SSSR count). The summed E-state index contributed by atoms with van der Waals surface area (Å²) in [5.41, 5.74) is 0.880. The van der Waals surface area contributed by atoms with Gasteiger partial charge in [-0.25, -0.2) is 4.39 Å². The minimum atomic E-state index is -0.863. The molecule has 0 bridgehead atoms. The van der Waals surface area contributed by atoms with Gasteiger partial charge in [0, 0.05) is 5.69 Å². The topological polar surface area (TPSA) is 78.4 Å². The molecule has 0 aromatic heterocycles. The number of hydrogen-bond donors (Lipinski definition) is 3. The number of benzene rings is 1. The number of carbonyl (C=O) groups excluding carboxylic acids is 2. The molecule has 1 saturated carbocycles. The van der Waals surface area contributed by atoms with Crippen molar-refractivity contribution < 1.29 is 19.1 Å². The van der Waals surface area contributed by atoms with Gasteiger partial charge in [0.25, 0.3) is 0 Å². The highest BCUT2D eigenvalue weighted by molar-refractivity contribution is 6.39. The summed E-state index contributed by atoms with van der Waals surface area (Å²) in [5.74, 6) is -2.16. The highest BCUT2D eigenvalue weighted by Gasteiger charge is 2.26. The lowest BCUT2D eigenvalue weighted by Gasteiger charge is -2.27. The van der Waals surface area contributed by atoms with E-state index in [0.717, 1.165) is 18.9 Å². The largest absolute Gasteiger partial charge is 0.391 e. The molecule has 0 heterocycles. The molecule has 0 saturated heterocycles. The monoisotopic (exact) mass is 294 g/mol. The molecule has 6 heteroatoms. The fourth-order valence-corrected chi connectivity index (χ4v) is 2.51. The van der Waals surface area contributed by atoms with Gasteiger partial charge >= 0.3 is 11.8 Å². The molecule has 5 nitrogen and oxygen atoms in total. The lowest BCUT2D eigenvalue weighted by atomic mass is 9.92. The van der Waals surface area contributed by atoms with Crippen molar-refractivity contribution >= 4 is 17.5 Å². The van der Waals surface area contributed by atoms with E-state index < -0.39 is 29.8 Å². The van der Waals surface area contributed by atoms with Gasteiger partial charge in [-0.05, 0) is 43.5 Å². The maximum Gasteiger partial charge on any atom is 0.313 e. The molecule has 2 unspecified atom stereocenters. The average molecular weight is 294 g/mol. The number of aliphatic hydroxyl groups is 1. The normalized spacial score (nSPS) is 21.7. The van der Waals surface area contributed by atoms with Crippen molar-refractivity contribution in [1.82, 2.24) is 5.32 Å². The number of rotatable bonds is 2. The fraction of sp³-hybridized carbons (Fsp3) is 0.467. The zero-order valence-electron chi connectivity index (χ0n) is 11.9. The smallest absolute Gasteiger partial charge is 0.313 e. The molecular formula is C15H19FN2O3. The molecule has 1 fully saturated rings. The van der Waals surface area contributed by atoms with Gasteiger partial charge in [0.05, 0.1) is 12.1 Å². The van der Waals surface area contributed by atoms with Crippen LogP contribution in [0.1, 0.15) is 31.2 Å². The SMILES string of the molecule is Cc1cc(F)cc(NC(=O)C(=O)NC2CCCCC2O)c1. The second-order valence-corrected chi connectivity index (χ2v) is 5.40. The predicted molar refractivity (Wildman–Crippen MR) is 76.2 cm³/mol. The summed E-state index contributed by atoms with van der Waals surface area (Å²) in [7, 11) is 0. The van der Waals surface area contributed by atoms with Crippen molar-refractivity contribution in [3.05, 3.63) is 29.6 Å². The Morgan fingerprint density at radius 1 is 1.19 bits per heavy atom. The predicted octanol–water partition coefficient (Wildman–Crippen LogP) is 1.49. The van der Waals surface area contributed by atoms with Gasteiger partial charge in [0.2, 0.25) is 0 Å². The lowest BCUT2D eigenvalue weighted by Crippen LogP contribution is -2.48. The third-order valence-electron chi connectivity index (χ3n) is 3.55. The number of halogens is 1. The maximum atomic E-state index is 13.2. The number of carbonyl (C=O) groups is 2. The molecule has 1 aliphatic rings. The van der Waals surface area contributed by atoms with Gasteiger partial charge in [0.1, 0.15) is 5.82 Å². The van der Waals surface area contributed by atoms with E-state index in [1.54, 1.807) is 13.0 Å². The van der Waals surface area contributed by atoms with Crippen LogP contribution in [-0.2, 0) is 9.59 Å². The molecule has 21 heavy (non-hydrogen) atoms. The molecule has 0 radical (unpaired) electrons. The summed E-state index contributed by atoms with van der Waals surface area (Å²) in [6, 6.07) is 3.65. The van der Waals surface area contributed by atoms with Crippen molar-refractivity contribution in [1.29, 1.82) is 0 Å². The van der Waals surface area contributed by atoms with Crippen LogP contribution in [0.2, 0.25) is 0 Å². The lowest BCUT2D eigenvalue weighted by molar-refractivity contribution is -0.137. The average Bonchev–Trinajstić information content (AvgIpc) is 2.40. The Bertz CT molecular complexity index is 527. The Hall–Kier alpha value is -1.95. The van der Waals surface area contributed by atoms with Crippen LogP contribution in [0, 0.1) is 12.7 Å². The third-order valence-corrected chi connectivity index (χ3v) is 3.55. The number of anilines is 1. The molecule has 3 N–H and O–H groups in total. The molecular weight excluding hydrogens is 275 g/mol. The Kier molecular flexibility index (Phi) is 4.90. The first-order valence-corrected chi connectivity index (χ1v) is 7.03. The number of amides is 2. The standard InChI is InChI=1S/C15H19FN2O3/c1-9-6-10(16)8-11(7-9)17-14(20)15(21)18-12-4-2-3-5-13(12)19/h6-8,12-13,19H,2-5H2,1H3,(H,17,20)(H,18,21). The van der Waals surface area contributed by atoms with Crippen LogP contribution in [0.4, 0.5) is 10.1 Å². The van der Waals surface area contributed by atoms with E-state index in [1.807, 2.05) is 0 Å². The second-order valence-electron chi connectivity index (χ2n) is 5.40. The van der Waals surface area contributed by atoms with E-state index in [1.165, 1.54) is 6.07 Å². The second kappa shape index (κ2) is 6.67. The Balaban J connectivity index is 1.94. The zero-order chi connectivity index (χ0) is 15.4. The van der Waals surface area contributed by atoms with Crippen molar-refractivity contribution in [2.75, 3.05) is 5.32 Å². The van der Waals surface area contributed by atoms with Gasteiger partial charge in [-0.15, -0.1) is 0 Å². The summed E-state index contributed by atoms with van der Waals surface area (Å²) < 4.78 is 13.2. The van der Waals surface area contributed by atoms with Gasteiger partial charge in [-0.1, -0.05) is 12.8 Å². The van der Waals surface area contributed by atoms with E-state index in [0.29, 0.717) is 18.4 Å². The van der Waals surface area contributed by atoms with Crippen LogP contribution in [0.15, 0.2) is 18.2 Å². The zero-order valence-corrected chi connectivity index (χ0v) is 11.9. The van der Waals surface area contributed by atoms with Gasteiger partial charge in [-0.3, -0.25) is 9.59 Å². The number of hydrogen-bond acceptors (Lipinski definition) is 3. The van der Waals surface area contributed by atoms with E-state index in [4.69, 9.17) is 0 Å². The first-order chi connectivity index (χ1) is 9.95. The summed E-state index contributed by atoms with van der Waals surface area (Å²) in [5, 5.41) is 14.6. The maximum absolute atomic E-state index is 13.2. The molecule has 2 amide bonds. The molecule has 2 atom stereocenters. The first-order valence-electron chi connectivity index (χ1n) is 7.03. The fourth-order valence-electron chi connectivity index (χ4n) is 2.51. The van der Waals surface area contributed by atoms with Gasteiger partial charge in [-0.2, -0.15) is 0 Å². The number of aryl methyl sites for hydroxylation is 1. The summed E-state index contributed by atoms with van der Waals surface area (Å²) in [4.78, 5) is 23.6. The Morgan fingerprint density at radius 2 is 1.90 bits per heavy atom. The van der Waals surface area contributed by atoms with Crippen LogP contribution in [0.25, 0.3) is 0 Å². The van der Waals surface area contributed by atoms with Crippen molar-refractivity contribution in [3.8, 4) is 0 Å². The molecule has 1 aromatic rings. The van der Waals surface area contributed by atoms with Crippen LogP contribution in [0.5, 0.6) is 0 Å². The van der Waals surface area contributed by atoms with Crippen LogP contribution >= 0.6 is 0 Å². The summed E-state index contributed by atoms with van der Waals surface area (Å²) in [6.07, 6.45) is 2.48. The van der Waals surface area contributed by atoms with Crippen molar-refractivity contribution in [2.24, 2.45) is 0 Å². The Labute approximate surface area is 122 Å². The first kappa shape index (κ1) is 15.4. The quantitative estimate of drug-likeness (QED) is 0.723. The van der Waals surface area contributed by atoms with Gasteiger partial charge < -0.3 is 15.7 Å². The molecule has 114 valence electrons. The molecule has 1 aliphatic carbocycles. The van der Waals surface area contributed by atoms with E-state index >= 15 is 0 Å². The minimum Gasteiger partial charge on any atom is -0.391 e. The van der Waals surface area contributed by atoms with Crippen LogP contribution in [-0.4, -0.2) is 29.1 Å². The van der Waals surface area contributed by atoms with Crippen LogP contribution < -0.4 is 10.6 Å². The molecule has 0 spiro atoms. The molecule has 0 aliphatic heterocycles. The highest BCUT2D eigenvalue weighted by Crippen LogP contribution is 2.18. The van der Waals surface area contributed by atoms with Crippen molar-refractivity contribution in [2.45, 2.75) is 44.8 Å². The Morgan fingerprint density at radius 3 is 2.57 bits per heavy atom. The van der Waals surface area contributed by atoms with E-state index in [2.05, 4.69) is 10.6 Å². The number of aliphatic hydroxyl groups excluding tert-OH is 1. The molecule has 1 aromatic carbocycles. The van der Waals surface area contributed by atoms with Crippen LogP contribution in [0.3, 0.4) is 0 Å². The van der Waals surface area contributed by atoms with Gasteiger partial charge in [0.15, 0.2) is 0 Å². The van der Waals surface area contributed by atoms with E-state index in [9.17, 15) is 19.1 Å².